The van der Waals surface area contributed by atoms with Gasteiger partial charge in [-0.1, -0.05) is 0 Å². The van der Waals surface area contributed by atoms with E-state index in [1.165, 1.54) is 25.3 Å². The molecule has 0 aromatic heterocycles. The van der Waals surface area contributed by atoms with Crippen molar-refractivity contribution in [3.8, 4) is 0 Å². The third-order valence-corrected chi connectivity index (χ3v) is 5.66. The molecule has 0 bridgehead atoms. The van der Waals surface area contributed by atoms with Crippen molar-refractivity contribution in [2.45, 2.75) is 25.4 Å². The molecule has 1 fully saturated rings. The number of amides is 4. The summed E-state index contributed by atoms with van der Waals surface area (Å²) in [6.07, 6.45) is -3.52. The van der Waals surface area contributed by atoms with Gasteiger partial charge in [0.15, 0.2) is 0 Å². The Morgan fingerprint density at radius 3 is 2.41 bits per heavy atom. The molecule has 4 amide bonds. The van der Waals surface area contributed by atoms with E-state index in [0.717, 1.165) is 4.90 Å². The van der Waals surface area contributed by atoms with Crippen LogP contribution in [0, 0.1) is 5.92 Å². The minimum absolute atomic E-state index is 0.102. The van der Waals surface area contributed by atoms with Gasteiger partial charge in [-0.05, 0) is 43.4 Å². The van der Waals surface area contributed by atoms with Crippen LogP contribution in [-0.4, -0.2) is 79.5 Å². The summed E-state index contributed by atoms with van der Waals surface area (Å²) < 4.78 is 41.8. The minimum atomic E-state index is -4.91. The first-order valence-electron chi connectivity index (χ1n) is 10.3. The van der Waals surface area contributed by atoms with Gasteiger partial charge in [-0.15, -0.1) is 0 Å². The lowest BCUT2D eigenvalue weighted by Crippen LogP contribution is -2.44. The molecule has 8 nitrogen and oxygen atoms in total. The van der Waals surface area contributed by atoms with Gasteiger partial charge in [-0.3, -0.25) is 24.1 Å². The summed E-state index contributed by atoms with van der Waals surface area (Å²) in [6, 6.07) is 4.39. The number of benzene rings is 1. The number of piperidine rings is 1. The first kappa shape index (κ1) is 23.7. The Bertz CT molecular complexity index is 910. The molecule has 174 valence electrons. The highest BCUT2D eigenvalue weighted by Crippen LogP contribution is 2.26. The van der Waals surface area contributed by atoms with Crippen molar-refractivity contribution < 1.29 is 37.1 Å². The first-order valence-corrected chi connectivity index (χ1v) is 10.3. The highest BCUT2D eigenvalue weighted by molar-refractivity contribution is 6.22. The predicted octanol–water partition coefficient (Wildman–Crippen LogP) is 1.85. The molecule has 32 heavy (non-hydrogen) atoms. The SMILES string of the molecule is COCCCN1C(=O)c2ccc(C(=O)N3CCC(CNC(=O)C(F)(F)F)CC3)cc2C1=O. The van der Waals surface area contributed by atoms with Gasteiger partial charge in [0.1, 0.15) is 0 Å². The van der Waals surface area contributed by atoms with Crippen molar-refractivity contribution >= 4 is 23.6 Å². The van der Waals surface area contributed by atoms with Crippen molar-refractivity contribution in [2.24, 2.45) is 5.92 Å². The number of nitrogens with one attached hydrogen (secondary N) is 1. The molecule has 0 atom stereocenters. The Hall–Kier alpha value is -2.95. The molecule has 1 saturated heterocycles. The Morgan fingerprint density at radius 1 is 1.12 bits per heavy atom. The van der Waals surface area contributed by atoms with E-state index in [9.17, 15) is 32.3 Å². The van der Waals surface area contributed by atoms with Crippen LogP contribution in [0.15, 0.2) is 18.2 Å². The number of likely N-dealkylation sites (tertiary alicyclic amines) is 1. The summed E-state index contributed by atoms with van der Waals surface area (Å²) in [7, 11) is 1.53. The zero-order chi connectivity index (χ0) is 23.5. The topological polar surface area (TPSA) is 96.0 Å². The van der Waals surface area contributed by atoms with Gasteiger partial charge >= 0.3 is 12.1 Å². The number of alkyl halides is 3. The molecule has 2 aliphatic rings. The summed E-state index contributed by atoms with van der Waals surface area (Å²) in [5.41, 5.74) is 0.707. The summed E-state index contributed by atoms with van der Waals surface area (Å²) in [4.78, 5) is 51.6. The fourth-order valence-corrected chi connectivity index (χ4v) is 3.85. The number of hydrogen-bond acceptors (Lipinski definition) is 5. The van der Waals surface area contributed by atoms with Gasteiger partial charge in [0.05, 0.1) is 11.1 Å². The van der Waals surface area contributed by atoms with Crippen LogP contribution in [0.4, 0.5) is 13.2 Å². The molecule has 11 heteroatoms. The van der Waals surface area contributed by atoms with Crippen LogP contribution in [-0.2, 0) is 9.53 Å². The average molecular weight is 455 g/mol. The van der Waals surface area contributed by atoms with Crippen LogP contribution in [0.1, 0.15) is 50.3 Å². The molecule has 0 aliphatic carbocycles. The third-order valence-electron chi connectivity index (χ3n) is 5.66. The number of nitrogens with zero attached hydrogens (tertiary/aromatic N) is 2. The van der Waals surface area contributed by atoms with Crippen molar-refractivity contribution in [3.05, 3.63) is 34.9 Å². The summed E-state index contributed by atoms with van der Waals surface area (Å²) in [6.45, 7) is 1.17. The number of carbonyl (C=O) groups excluding carboxylic acids is 4. The minimum Gasteiger partial charge on any atom is -0.385 e. The van der Waals surface area contributed by atoms with Crippen LogP contribution in [0.2, 0.25) is 0 Å². The molecular formula is C21H24F3N3O5. The quantitative estimate of drug-likeness (QED) is 0.500. The molecule has 2 aliphatic heterocycles. The standard InChI is InChI=1S/C21H24F3N3O5/c1-32-10-2-7-27-18(29)15-4-3-14(11-16(15)19(27)30)17(28)26-8-5-13(6-9-26)12-25-20(31)21(22,23)24/h3-4,11,13H,2,5-10,12H2,1H3,(H,25,31). The van der Waals surface area contributed by atoms with E-state index in [-0.39, 0.29) is 41.6 Å². The monoisotopic (exact) mass is 455 g/mol. The number of imide groups is 1. The fourth-order valence-electron chi connectivity index (χ4n) is 3.85. The van der Waals surface area contributed by atoms with Gasteiger partial charge in [0, 0.05) is 45.5 Å². The molecule has 0 radical (unpaired) electrons. The highest BCUT2D eigenvalue weighted by atomic mass is 19.4. The van der Waals surface area contributed by atoms with Gasteiger partial charge in [0.25, 0.3) is 17.7 Å². The molecule has 0 spiro atoms. The van der Waals surface area contributed by atoms with Gasteiger partial charge in [-0.2, -0.15) is 13.2 Å². The third kappa shape index (κ3) is 5.09. The lowest BCUT2D eigenvalue weighted by Gasteiger charge is -2.32. The summed E-state index contributed by atoms with van der Waals surface area (Å²) >= 11 is 0. The van der Waals surface area contributed by atoms with E-state index < -0.39 is 23.9 Å². The van der Waals surface area contributed by atoms with Crippen LogP contribution in [0.25, 0.3) is 0 Å². The number of hydrogen-bond donors (Lipinski definition) is 1. The number of halogens is 3. The number of methoxy groups -OCH3 is 1. The second-order valence-electron chi connectivity index (χ2n) is 7.81. The number of rotatable bonds is 7. The number of ether oxygens (including phenoxy) is 1. The van der Waals surface area contributed by atoms with Crippen LogP contribution < -0.4 is 5.32 Å². The average Bonchev–Trinajstić information content (AvgIpc) is 3.01. The van der Waals surface area contributed by atoms with E-state index >= 15 is 0 Å². The van der Waals surface area contributed by atoms with Crippen LogP contribution in [0.3, 0.4) is 0 Å². The van der Waals surface area contributed by atoms with E-state index in [0.29, 0.717) is 39.0 Å². The van der Waals surface area contributed by atoms with E-state index in [1.807, 2.05) is 5.32 Å². The second kappa shape index (κ2) is 9.68. The van der Waals surface area contributed by atoms with Gasteiger partial charge < -0.3 is 15.0 Å². The van der Waals surface area contributed by atoms with Crippen molar-refractivity contribution in [3.63, 3.8) is 0 Å². The molecule has 1 aromatic carbocycles. The summed E-state index contributed by atoms with van der Waals surface area (Å²) in [5, 5.41) is 1.88. The molecule has 0 saturated carbocycles. The predicted molar refractivity (Wildman–Crippen MR) is 106 cm³/mol. The molecule has 2 heterocycles. The maximum absolute atomic E-state index is 12.9. The lowest BCUT2D eigenvalue weighted by atomic mass is 9.96. The van der Waals surface area contributed by atoms with Gasteiger partial charge in [0.2, 0.25) is 0 Å². The van der Waals surface area contributed by atoms with E-state index in [1.54, 1.807) is 4.90 Å². The maximum Gasteiger partial charge on any atom is 0.471 e. The highest BCUT2D eigenvalue weighted by Gasteiger charge is 2.39. The molecule has 1 aromatic rings. The zero-order valence-corrected chi connectivity index (χ0v) is 17.5. The second-order valence-corrected chi connectivity index (χ2v) is 7.81. The zero-order valence-electron chi connectivity index (χ0n) is 17.5. The number of carbonyl (C=O) groups is 4. The van der Waals surface area contributed by atoms with Crippen molar-refractivity contribution in [2.75, 3.05) is 39.9 Å². The Balaban J connectivity index is 1.58. The van der Waals surface area contributed by atoms with Crippen molar-refractivity contribution in [1.82, 2.24) is 15.1 Å². The summed E-state index contributed by atoms with van der Waals surface area (Å²) in [5.74, 6) is -3.30. The Morgan fingerprint density at radius 2 is 1.78 bits per heavy atom. The maximum atomic E-state index is 12.9. The Labute approximate surface area is 182 Å². The molecule has 1 N–H and O–H groups in total. The molecule has 3 rings (SSSR count). The molecule has 0 unspecified atom stereocenters. The fraction of sp³-hybridized carbons (Fsp3) is 0.524. The normalized spacial score (nSPS) is 17.0. The van der Waals surface area contributed by atoms with Crippen LogP contribution >= 0.6 is 0 Å². The van der Waals surface area contributed by atoms with Crippen LogP contribution in [0.5, 0.6) is 0 Å². The lowest BCUT2D eigenvalue weighted by molar-refractivity contribution is -0.173. The first-order chi connectivity index (χ1) is 15.1. The number of fused-ring (bicyclic) bond motifs is 1. The van der Waals surface area contributed by atoms with E-state index in [2.05, 4.69) is 0 Å². The molecular weight excluding hydrogens is 431 g/mol. The van der Waals surface area contributed by atoms with E-state index in [4.69, 9.17) is 4.74 Å². The smallest absolute Gasteiger partial charge is 0.385 e. The van der Waals surface area contributed by atoms with Crippen molar-refractivity contribution in [1.29, 1.82) is 0 Å². The largest absolute Gasteiger partial charge is 0.471 e. The van der Waals surface area contributed by atoms with Gasteiger partial charge in [-0.25, -0.2) is 0 Å². The Kier molecular flexibility index (Phi) is 7.17.